The maximum Gasteiger partial charge on any atom is 0.253 e. The van der Waals surface area contributed by atoms with Crippen LogP contribution in [0, 0.1) is 23.7 Å². The first-order chi connectivity index (χ1) is 8.61. The quantitative estimate of drug-likeness (QED) is 0.613. The predicted molar refractivity (Wildman–Crippen MR) is 81.9 cm³/mol. The van der Waals surface area contributed by atoms with Crippen LogP contribution in [0.5, 0.6) is 0 Å². The summed E-state index contributed by atoms with van der Waals surface area (Å²) in [6.07, 6.45) is 0. The third-order valence-corrected chi connectivity index (χ3v) is 2.96. The van der Waals surface area contributed by atoms with Crippen LogP contribution in [0.15, 0.2) is 18.2 Å². The Kier molecular flexibility index (Phi) is 6.16. The number of carbonyl (C=O) groups excluding carboxylic acids is 1. The van der Waals surface area contributed by atoms with Gasteiger partial charge < -0.3 is 4.74 Å². The molecule has 0 unspecified atom stereocenters. The van der Waals surface area contributed by atoms with Crippen LogP contribution in [-0.4, -0.2) is 26.2 Å². The number of para-hydroxylation sites is 1. The maximum absolute atomic E-state index is 12.1. The fourth-order valence-electron chi connectivity index (χ4n) is 1.83. The molecule has 1 aromatic rings. The van der Waals surface area contributed by atoms with Gasteiger partial charge in [0.15, 0.2) is 0 Å². The van der Waals surface area contributed by atoms with E-state index in [4.69, 9.17) is 4.74 Å². The highest BCUT2D eigenvalue weighted by atomic mass is 127. The second-order valence-corrected chi connectivity index (χ2v) is 4.46. The summed E-state index contributed by atoms with van der Waals surface area (Å²) in [5.41, 5.74) is 3.06. The Labute approximate surface area is 122 Å². The van der Waals surface area contributed by atoms with Gasteiger partial charge in [-0.05, 0) is 28.9 Å². The number of carbonyl (C=O) groups is 1. The summed E-state index contributed by atoms with van der Waals surface area (Å²) < 4.78 is 7.71. The Morgan fingerprint density at radius 1 is 1.39 bits per heavy atom. The second-order valence-electron chi connectivity index (χ2n) is 3.92. The molecule has 0 aromatic heterocycles. The van der Waals surface area contributed by atoms with Gasteiger partial charge in [-0.3, -0.25) is 9.69 Å². The summed E-state index contributed by atoms with van der Waals surface area (Å²) >= 11 is 1.97. The average Bonchev–Trinajstić information content (AvgIpc) is 2.33. The topological polar surface area (TPSA) is 29.5 Å². The number of methoxy groups -OCH3 is 1. The molecule has 0 heterocycles. The number of benzene rings is 1. The highest BCUT2D eigenvalue weighted by Gasteiger charge is 2.18. The van der Waals surface area contributed by atoms with Gasteiger partial charge in [-0.25, -0.2) is 0 Å². The number of aryl methyl sites for hydroxylation is 2. The molecule has 0 aliphatic rings. The third kappa shape index (κ3) is 3.72. The zero-order valence-corrected chi connectivity index (χ0v) is 12.9. The molecule has 0 fully saturated rings. The lowest BCUT2D eigenvalue weighted by atomic mass is 10.1. The average molecular weight is 357 g/mol. The van der Waals surface area contributed by atoms with E-state index >= 15 is 0 Å². The number of halogens is 1. The number of nitrogens with zero attached hydrogens (tertiary/aromatic N) is 1. The summed E-state index contributed by atoms with van der Waals surface area (Å²) in [4.78, 5) is 13.8. The Bertz CT molecular complexity index is 468. The van der Waals surface area contributed by atoms with Crippen molar-refractivity contribution in [1.29, 1.82) is 0 Å². The number of ether oxygens (including phenoxy) is 1. The van der Waals surface area contributed by atoms with E-state index in [2.05, 4.69) is 9.85 Å². The monoisotopic (exact) mass is 357 g/mol. The molecule has 3 nitrogen and oxygen atoms in total. The summed E-state index contributed by atoms with van der Waals surface area (Å²) in [6, 6.07) is 5.97. The molecule has 1 amide bonds. The van der Waals surface area contributed by atoms with Gasteiger partial charge in [-0.2, -0.15) is 0 Å². The van der Waals surface area contributed by atoms with E-state index in [1.165, 1.54) is 7.11 Å². The van der Waals surface area contributed by atoms with Gasteiger partial charge in [0.25, 0.3) is 5.91 Å². The van der Waals surface area contributed by atoms with E-state index in [1.807, 2.05) is 54.6 Å². The fourth-order valence-corrected chi connectivity index (χ4v) is 2.00. The van der Waals surface area contributed by atoms with E-state index < -0.39 is 0 Å². The van der Waals surface area contributed by atoms with Crippen molar-refractivity contribution in [3.05, 3.63) is 29.3 Å². The number of hydrogen-bond acceptors (Lipinski definition) is 2. The SMILES string of the molecule is COCC(=O)N(CC#CI)c1c(C)cccc1C. The first-order valence-corrected chi connectivity index (χ1v) is 6.63. The number of anilines is 1. The Balaban J connectivity index is 3.15. The van der Waals surface area contributed by atoms with Crippen LogP contribution >= 0.6 is 22.6 Å². The molecule has 0 atom stereocenters. The molecule has 0 N–H and O–H groups in total. The lowest BCUT2D eigenvalue weighted by molar-refractivity contribution is -0.122. The molecule has 1 rings (SSSR count). The zero-order chi connectivity index (χ0) is 13.5. The molecule has 0 saturated carbocycles. The molecule has 96 valence electrons. The van der Waals surface area contributed by atoms with Crippen LogP contribution in [0.3, 0.4) is 0 Å². The Hall–Kier alpha value is -1.06. The maximum atomic E-state index is 12.1. The van der Waals surface area contributed by atoms with Crippen LogP contribution in [0.4, 0.5) is 5.69 Å². The van der Waals surface area contributed by atoms with Gasteiger partial charge in [-0.15, -0.1) is 0 Å². The molecule has 0 spiro atoms. The van der Waals surface area contributed by atoms with Crippen LogP contribution in [-0.2, 0) is 9.53 Å². The minimum Gasteiger partial charge on any atom is -0.375 e. The van der Waals surface area contributed by atoms with Gasteiger partial charge >= 0.3 is 0 Å². The highest BCUT2D eigenvalue weighted by Crippen LogP contribution is 2.24. The Morgan fingerprint density at radius 2 is 2.00 bits per heavy atom. The van der Waals surface area contributed by atoms with E-state index in [1.54, 1.807) is 4.90 Å². The molecule has 0 saturated heterocycles. The van der Waals surface area contributed by atoms with Crippen molar-refractivity contribution in [2.75, 3.05) is 25.2 Å². The van der Waals surface area contributed by atoms with Gasteiger partial charge in [0, 0.05) is 29.7 Å². The third-order valence-electron chi connectivity index (χ3n) is 2.58. The number of amides is 1. The van der Waals surface area contributed by atoms with Crippen LogP contribution in [0.2, 0.25) is 0 Å². The van der Waals surface area contributed by atoms with Crippen LogP contribution in [0.25, 0.3) is 0 Å². The summed E-state index contributed by atoms with van der Waals surface area (Å²) in [5.74, 6) is 2.85. The molecular formula is C14H16INO2. The molecule has 1 aromatic carbocycles. The molecule has 0 bridgehead atoms. The van der Waals surface area contributed by atoms with Crippen molar-refractivity contribution >= 4 is 34.2 Å². The van der Waals surface area contributed by atoms with E-state index in [0.717, 1.165) is 16.8 Å². The van der Waals surface area contributed by atoms with Crippen molar-refractivity contribution in [3.8, 4) is 9.85 Å². The van der Waals surface area contributed by atoms with Gasteiger partial charge in [0.2, 0.25) is 0 Å². The minimum atomic E-state index is -0.0750. The van der Waals surface area contributed by atoms with E-state index in [-0.39, 0.29) is 12.5 Å². The van der Waals surface area contributed by atoms with Crippen molar-refractivity contribution in [2.45, 2.75) is 13.8 Å². The fraction of sp³-hybridized carbons (Fsp3) is 0.357. The number of hydrogen-bond donors (Lipinski definition) is 0. The van der Waals surface area contributed by atoms with Gasteiger partial charge in [-0.1, -0.05) is 24.1 Å². The van der Waals surface area contributed by atoms with E-state index in [0.29, 0.717) is 6.54 Å². The smallest absolute Gasteiger partial charge is 0.253 e. The largest absolute Gasteiger partial charge is 0.375 e. The van der Waals surface area contributed by atoms with Crippen molar-refractivity contribution < 1.29 is 9.53 Å². The van der Waals surface area contributed by atoms with Crippen molar-refractivity contribution in [2.24, 2.45) is 0 Å². The zero-order valence-electron chi connectivity index (χ0n) is 10.8. The van der Waals surface area contributed by atoms with Gasteiger partial charge in [0.05, 0.1) is 12.2 Å². The predicted octanol–water partition coefficient (Wildman–Crippen LogP) is 2.68. The number of rotatable bonds is 4. The van der Waals surface area contributed by atoms with E-state index in [9.17, 15) is 4.79 Å². The minimum absolute atomic E-state index is 0.0662. The molecule has 0 aliphatic carbocycles. The Morgan fingerprint density at radius 3 is 2.50 bits per heavy atom. The van der Waals surface area contributed by atoms with Crippen LogP contribution < -0.4 is 4.90 Å². The molecular weight excluding hydrogens is 341 g/mol. The summed E-state index contributed by atoms with van der Waals surface area (Å²) in [7, 11) is 1.52. The van der Waals surface area contributed by atoms with Crippen molar-refractivity contribution in [1.82, 2.24) is 0 Å². The first kappa shape index (κ1) is 15.0. The molecule has 0 radical (unpaired) electrons. The van der Waals surface area contributed by atoms with Crippen LogP contribution in [0.1, 0.15) is 11.1 Å². The van der Waals surface area contributed by atoms with Crippen molar-refractivity contribution in [3.63, 3.8) is 0 Å². The summed E-state index contributed by atoms with van der Waals surface area (Å²) in [5, 5.41) is 0. The first-order valence-electron chi connectivity index (χ1n) is 5.55. The second kappa shape index (κ2) is 7.39. The van der Waals surface area contributed by atoms with Gasteiger partial charge in [0.1, 0.15) is 6.61 Å². The normalized spacial score (nSPS) is 9.56. The molecule has 0 aliphatic heterocycles. The molecule has 18 heavy (non-hydrogen) atoms. The lowest BCUT2D eigenvalue weighted by Gasteiger charge is -2.24. The highest BCUT2D eigenvalue weighted by molar-refractivity contribution is 14.1. The lowest BCUT2D eigenvalue weighted by Crippen LogP contribution is -2.35. The standard InChI is InChI=1S/C14H16INO2/c1-11-6-4-7-12(2)14(11)16(9-5-8-15)13(17)10-18-3/h4,6-7H,9-10H2,1-3H3. The molecule has 4 heteroatoms. The summed E-state index contributed by atoms with van der Waals surface area (Å²) in [6.45, 7) is 4.44.